The molecule has 44 heavy (non-hydrogen) atoms. The molecule has 0 spiro atoms. The van der Waals surface area contributed by atoms with Crippen LogP contribution in [0.4, 0.5) is 0 Å². The number of benzene rings is 7. The fraction of sp³-hybridized carbons (Fsp3) is 0.0244. The zero-order chi connectivity index (χ0) is 29.7. The van der Waals surface area contributed by atoms with Gasteiger partial charge in [-0.25, -0.2) is 0 Å². The summed E-state index contributed by atoms with van der Waals surface area (Å²) in [7, 11) is 0.0533. The molecule has 3 heteroatoms. The minimum atomic E-state index is -0.881. The molecule has 212 valence electrons. The lowest BCUT2D eigenvalue weighted by molar-refractivity contribution is 0.417. The average molecular weight is 603 g/mol. The molecule has 0 aromatic heterocycles. The van der Waals surface area contributed by atoms with Gasteiger partial charge in [0, 0.05) is 11.1 Å². The van der Waals surface area contributed by atoms with Crippen LogP contribution < -0.4 is 36.6 Å². The quantitative estimate of drug-likeness (QED) is 0.160. The number of hydrogen-bond acceptors (Lipinski definition) is 1. The SMILES string of the molecule is COc1cccc(P(c2ccccc2)c2ccccc2)c1-c1c(P(c2ccccc2)c2ccccc2)ccc2ccccc12. The van der Waals surface area contributed by atoms with Crippen molar-refractivity contribution in [3.8, 4) is 16.9 Å². The molecule has 0 saturated heterocycles. The van der Waals surface area contributed by atoms with Crippen molar-refractivity contribution in [3.63, 3.8) is 0 Å². The van der Waals surface area contributed by atoms with Crippen molar-refractivity contribution >= 4 is 58.4 Å². The van der Waals surface area contributed by atoms with Crippen molar-refractivity contribution in [3.05, 3.63) is 176 Å². The third kappa shape index (κ3) is 5.46. The zero-order valence-electron chi connectivity index (χ0n) is 24.5. The number of fused-ring (bicyclic) bond motifs is 1. The van der Waals surface area contributed by atoms with Crippen LogP contribution in [0.25, 0.3) is 21.9 Å². The Labute approximate surface area is 262 Å². The summed E-state index contributed by atoms with van der Waals surface area (Å²) >= 11 is 0. The van der Waals surface area contributed by atoms with Crippen molar-refractivity contribution in [1.82, 2.24) is 0 Å². The van der Waals surface area contributed by atoms with E-state index < -0.39 is 15.8 Å². The van der Waals surface area contributed by atoms with Gasteiger partial charge in [-0.3, -0.25) is 0 Å². The molecule has 0 saturated carbocycles. The van der Waals surface area contributed by atoms with Gasteiger partial charge in [-0.1, -0.05) is 170 Å². The van der Waals surface area contributed by atoms with Crippen LogP contribution in [0.5, 0.6) is 5.75 Å². The molecule has 7 aromatic carbocycles. The van der Waals surface area contributed by atoms with Crippen molar-refractivity contribution in [2.75, 3.05) is 7.11 Å². The molecular weight excluding hydrogens is 570 g/mol. The second-order valence-electron chi connectivity index (χ2n) is 10.5. The Bertz CT molecular complexity index is 1910. The maximum Gasteiger partial charge on any atom is 0.127 e. The summed E-state index contributed by atoms with van der Waals surface area (Å²) in [6.07, 6.45) is 0. The van der Waals surface area contributed by atoms with Crippen LogP contribution in [-0.4, -0.2) is 7.11 Å². The van der Waals surface area contributed by atoms with E-state index in [9.17, 15) is 0 Å². The predicted octanol–water partition coefficient (Wildman–Crippen LogP) is 8.03. The van der Waals surface area contributed by atoms with E-state index in [4.69, 9.17) is 4.74 Å². The molecule has 7 aromatic rings. The van der Waals surface area contributed by atoms with Gasteiger partial charge in [0.05, 0.1) is 7.11 Å². The zero-order valence-corrected chi connectivity index (χ0v) is 26.3. The van der Waals surface area contributed by atoms with Gasteiger partial charge in [-0.05, 0) is 64.5 Å². The van der Waals surface area contributed by atoms with Gasteiger partial charge in [0.2, 0.25) is 0 Å². The van der Waals surface area contributed by atoms with Gasteiger partial charge >= 0.3 is 0 Å². The fourth-order valence-corrected chi connectivity index (χ4v) is 10.9. The van der Waals surface area contributed by atoms with E-state index in [1.165, 1.54) is 53.7 Å². The fourth-order valence-electron chi connectivity index (χ4n) is 6.00. The first-order valence-corrected chi connectivity index (χ1v) is 17.5. The molecular formula is C41H32OP2. The first-order chi connectivity index (χ1) is 21.8. The van der Waals surface area contributed by atoms with E-state index in [0.717, 1.165) is 5.75 Å². The highest BCUT2D eigenvalue weighted by molar-refractivity contribution is 7.80. The highest BCUT2D eigenvalue weighted by Crippen LogP contribution is 2.46. The van der Waals surface area contributed by atoms with Crippen LogP contribution in [0.1, 0.15) is 0 Å². The molecule has 7 rings (SSSR count). The molecule has 0 amide bonds. The molecule has 0 radical (unpaired) electrons. The molecule has 1 nitrogen and oxygen atoms in total. The summed E-state index contributed by atoms with van der Waals surface area (Å²) in [5.74, 6) is 0.899. The summed E-state index contributed by atoms with van der Waals surface area (Å²) in [6, 6.07) is 63.9. The lowest BCUT2D eigenvalue weighted by Gasteiger charge is -2.28. The van der Waals surface area contributed by atoms with Gasteiger partial charge in [0.25, 0.3) is 0 Å². The number of hydrogen-bond donors (Lipinski definition) is 0. The lowest BCUT2D eigenvalue weighted by Crippen LogP contribution is -2.26. The van der Waals surface area contributed by atoms with E-state index >= 15 is 0 Å². The second kappa shape index (κ2) is 13.0. The van der Waals surface area contributed by atoms with Crippen LogP contribution >= 0.6 is 15.8 Å². The molecule has 0 unspecified atom stereocenters. The molecule has 0 atom stereocenters. The first-order valence-electron chi connectivity index (χ1n) is 14.8. The molecule has 0 N–H and O–H groups in total. The monoisotopic (exact) mass is 602 g/mol. The largest absolute Gasteiger partial charge is 0.496 e. The maximum absolute atomic E-state index is 6.27. The Morgan fingerprint density at radius 1 is 0.364 bits per heavy atom. The predicted molar refractivity (Wildman–Crippen MR) is 193 cm³/mol. The third-order valence-electron chi connectivity index (χ3n) is 7.92. The van der Waals surface area contributed by atoms with Crippen LogP contribution in [0.15, 0.2) is 176 Å². The van der Waals surface area contributed by atoms with Crippen molar-refractivity contribution < 1.29 is 4.74 Å². The number of rotatable bonds is 8. The minimum Gasteiger partial charge on any atom is -0.496 e. The van der Waals surface area contributed by atoms with E-state index in [1.54, 1.807) is 7.11 Å². The summed E-state index contributed by atoms with van der Waals surface area (Å²) < 4.78 is 6.27. The van der Waals surface area contributed by atoms with Crippen molar-refractivity contribution in [2.45, 2.75) is 0 Å². The smallest absolute Gasteiger partial charge is 0.127 e. The van der Waals surface area contributed by atoms with E-state index in [1.807, 2.05) is 0 Å². The normalized spacial score (nSPS) is 11.2. The third-order valence-corrected chi connectivity index (χ3v) is 12.9. The van der Waals surface area contributed by atoms with Crippen LogP contribution in [0, 0.1) is 0 Å². The summed E-state index contributed by atoms with van der Waals surface area (Å²) in [5, 5.41) is 10.4. The molecule has 0 heterocycles. The molecule has 0 bridgehead atoms. The number of methoxy groups -OCH3 is 1. The summed E-state index contributed by atoms with van der Waals surface area (Å²) in [4.78, 5) is 0. The molecule has 0 aliphatic heterocycles. The molecule has 0 fully saturated rings. The standard InChI is InChI=1S/C41H32OP2/c1-42-37-27-16-28-38(43(32-18-6-2-7-19-32)33-20-8-3-9-21-33)41(37)40-36-26-15-14-17-31(36)29-30-39(40)44(34-22-10-4-11-23-34)35-24-12-5-13-25-35/h2-30H,1H3. The van der Waals surface area contributed by atoms with Gasteiger partial charge in [0.1, 0.15) is 5.75 Å². The Kier molecular flexibility index (Phi) is 8.34. The van der Waals surface area contributed by atoms with Crippen LogP contribution in [-0.2, 0) is 0 Å². The summed E-state index contributed by atoms with van der Waals surface area (Å²) in [6.45, 7) is 0. The van der Waals surface area contributed by atoms with Gasteiger partial charge in [0.15, 0.2) is 0 Å². The highest BCUT2D eigenvalue weighted by atomic mass is 31.1. The Balaban J connectivity index is 1.60. The summed E-state index contributed by atoms with van der Waals surface area (Å²) in [5.41, 5.74) is 2.44. The van der Waals surface area contributed by atoms with Gasteiger partial charge in [-0.15, -0.1) is 0 Å². The van der Waals surface area contributed by atoms with Crippen molar-refractivity contribution in [1.29, 1.82) is 0 Å². The number of ether oxygens (including phenoxy) is 1. The van der Waals surface area contributed by atoms with Crippen LogP contribution in [0.3, 0.4) is 0 Å². The Hall–Kier alpha value is -4.54. The van der Waals surface area contributed by atoms with E-state index in [0.29, 0.717) is 0 Å². The molecule has 0 aliphatic rings. The Morgan fingerprint density at radius 2 is 0.795 bits per heavy atom. The molecule has 0 aliphatic carbocycles. The van der Waals surface area contributed by atoms with Gasteiger partial charge in [-0.2, -0.15) is 0 Å². The lowest BCUT2D eigenvalue weighted by atomic mass is 9.97. The average Bonchev–Trinajstić information content (AvgIpc) is 3.10. The van der Waals surface area contributed by atoms with Crippen LogP contribution in [0.2, 0.25) is 0 Å². The van der Waals surface area contributed by atoms with Crippen molar-refractivity contribution in [2.24, 2.45) is 0 Å². The van der Waals surface area contributed by atoms with E-state index in [-0.39, 0.29) is 0 Å². The minimum absolute atomic E-state index is 0.870. The van der Waals surface area contributed by atoms with E-state index in [2.05, 4.69) is 176 Å². The van der Waals surface area contributed by atoms with Gasteiger partial charge < -0.3 is 4.74 Å². The second-order valence-corrected chi connectivity index (χ2v) is 14.9. The Morgan fingerprint density at radius 3 is 1.27 bits per heavy atom. The highest BCUT2D eigenvalue weighted by Gasteiger charge is 2.28. The first kappa shape index (κ1) is 28.2. The maximum atomic E-state index is 6.27. The topological polar surface area (TPSA) is 9.23 Å².